The zero-order valence-corrected chi connectivity index (χ0v) is 10.6. The highest BCUT2D eigenvalue weighted by atomic mass is 16.5. The molecular formula is C11H12N6O3. The highest BCUT2D eigenvalue weighted by molar-refractivity contribution is 6.02. The van der Waals surface area contributed by atoms with Crippen LogP contribution in [0, 0.1) is 0 Å². The van der Waals surface area contributed by atoms with Gasteiger partial charge in [-0.2, -0.15) is 5.21 Å². The van der Waals surface area contributed by atoms with Crippen molar-refractivity contribution in [1.29, 1.82) is 0 Å². The number of amides is 2. The van der Waals surface area contributed by atoms with E-state index in [1.165, 1.54) is 7.11 Å². The number of carbonyl (C=O) groups excluding carboxylic acids is 2. The Hall–Kier alpha value is -2.81. The molecule has 0 atom stereocenters. The lowest BCUT2D eigenvalue weighted by Crippen LogP contribution is -2.17. The highest BCUT2D eigenvalue weighted by Gasteiger charge is 2.11. The van der Waals surface area contributed by atoms with Crippen LogP contribution in [0.1, 0.15) is 10.6 Å². The minimum Gasteiger partial charge on any atom is -0.375 e. The number of nitrogens with zero attached hydrogens (tertiary/aromatic N) is 3. The van der Waals surface area contributed by atoms with Crippen molar-refractivity contribution in [2.24, 2.45) is 0 Å². The van der Waals surface area contributed by atoms with Crippen LogP contribution in [0.2, 0.25) is 0 Å². The molecule has 0 aliphatic heterocycles. The Kier molecular flexibility index (Phi) is 4.35. The molecule has 0 aliphatic carbocycles. The number of ether oxygens (including phenoxy) is 1. The molecule has 1 aromatic carbocycles. The maximum Gasteiger partial charge on any atom is 0.297 e. The second-order valence-corrected chi connectivity index (χ2v) is 3.75. The molecule has 2 rings (SSSR count). The average Bonchev–Trinajstić information content (AvgIpc) is 2.93. The summed E-state index contributed by atoms with van der Waals surface area (Å²) in [6.07, 6.45) is 0. The van der Waals surface area contributed by atoms with Gasteiger partial charge in [0.2, 0.25) is 5.91 Å². The summed E-state index contributed by atoms with van der Waals surface area (Å²) in [5, 5.41) is 17.8. The number of nitrogens with one attached hydrogen (secondary N) is 3. The molecule has 0 bridgehead atoms. The first kappa shape index (κ1) is 13.6. The van der Waals surface area contributed by atoms with Crippen molar-refractivity contribution in [2.75, 3.05) is 24.4 Å². The number of benzene rings is 1. The van der Waals surface area contributed by atoms with Gasteiger partial charge in [0.15, 0.2) is 0 Å². The van der Waals surface area contributed by atoms with Crippen LogP contribution in [0.25, 0.3) is 0 Å². The summed E-state index contributed by atoms with van der Waals surface area (Å²) >= 11 is 0. The number of methoxy groups -OCH3 is 1. The molecule has 0 unspecified atom stereocenters. The molecule has 20 heavy (non-hydrogen) atoms. The van der Waals surface area contributed by atoms with Crippen LogP contribution in [0.4, 0.5) is 11.4 Å². The number of tetrazole rings is 1. The van der Waals surface area contributed by atoms with E-state index in [-0.39, 0.29) is 18.3 Å². The maximum atomic E-state index is 11.7. The summed E-state index contributed by atoms with van der Waals surface area (Å²) in [5.74, 6) is -0.855. The third kappa shape index (κ3) is 3.59. The van der Waals surface area contributed by atoms with Crippen molar-refractivity contribution in [1.82, 2.24) is 20.6 Å². The van der Waals surface area contributed by atoms with Crippen molar-refractivity contribution >= 4 is 23.2 Å². The van der Waals surface area contributed by atoms with Gasteiger partial charge in [0, 0.05) is 18.5 Å². The van der Waals surface area contributed by atoms with E-state index in [0.717, 1.165) is 0 Å². The molecule has 1 aromatic heterocycles. The molecule has 0 spiro atoms. The quantitative estimate of drug-likeness (QED) is 0.708. The Morgan fingerprint density at radius 3 is 2.70 bits per heavy atom. The number of rotatable bonds is 5. The van der Waals surface area contributed by atoms with Gasteiger partial charge in [0.05, 0.1) is 0 Å². The lowest BCUT2D eigenvalue weighted by molar-refractivity contribution is -0.119. The van der Waals surface area contributed by atoms with E-state index in [1.807, 2.05) is 0 Å². The Labute approximate surface area is 113 Å². The molecule has 0 radical (unpaired) electrons. The van der Waals surface area contributed by atoms with E-state index in [2.05, 4.69) is 31.3 Å². The van der Waals surface area contributed by atoms with Crippen molar-refractivity contribution < 1.29 is 14.3 Å². The molecule has 1 heterocycles. The van der Waals surface area contributed by atoms with Gasteiger partial charge < -0.3 is 15.4 Å². The Bertz CT molecular complexity index is 598. The second-order valence-electron chi connectivity index (χ2n) is 3.75. The van der Waals surface area contributed by atoms with Gasteiger partial charge in [0.1, 0.15) is 6.61 Å². The van der Waals surface area contributed by atoms with Gasteiger partial charge in [-0.1, -0.05) is 6.07 Å². The van der Waals surface area contributed by atoms with E-state index >= 15 is 0 Å². The normalized spacial score (nSPS) is 10.1. The minimum atomic E-state index is -0.501. The maximum absolute atomic E-state index is 11.7. The smallest absolute Gasteiger partial charge is 0.297 e. The summed E-state index contributed by atoms with van der Waals surface area (Å²) in [7, 11) is 1.43. The molecule has 0 saturated carbocycles. The molecule has 0 fully saturated rings. The number of hydrogen-bond acceptors (Lipinski definition) is 6. The van der Waals surface area contributed by atoms with Crippen LogP contribution in [-0.4, -0.2) is 46.2 Å². The summed E-state index contributed by atoms with van der Waals surface area (Å²) in [6.45, 7) is -0.0422. The second kappa shape index (κ2) is 6.38. The fraction of sp³-hybridized carbons (Fsp3) is 0.182. The number of anilines is 2. The standard InChI is InChI=1S/C11H12N6O3/c1-20-6-9(18)12-7-3-2-4-8(5-7)13-11(19)10-14-16-17-15-10/h2-5H,6H2,1H3,(H,12,18)(H,13,19)(H,14,15,16,17). The first-order chi connectivity index (χ1) is 9.69. The third-order valence-corrected chi connectivity index (χ3v) is 2.23. The fourth-order valence-electron chi connectivity index (χ4n) is 1.45. The van der Waals surface area contributed by atoms with Crippen molar-refractivity contribution in [3.63, 3.8) is 0 Å². The van der Waals surface area contributed by atoms with Crippen LogP contribution < -0.4 is 10.6 Å². The third-order valence-electron chi connectivity index (χ3n) is 2.23. The zero-order valence-electron chi connectivity index (χ0n) is 10.6. The highest BCUT2D eigenvalue weighted by Crippen LogP contribution is 2.15. The predicted octanol–water partition coefficient (Wildman–Crippen LogP) is 0.0369. The monoisotopic (exact) mass is 276 g/mol. The van der Waals surface area contributed by atoms with Gasteiger partial charge in [0.25, 0.3) is 11.7 Å². The Morgan fingerprint density at radius 2 is 2.05 bits per heavy atom. The summed E-state index contributed by atoms with van der Waals surface area (Å²) in [4.78, 5) is 23.1. The Morgan fingerprint density at radius 1 is 1.30 bits per heavy atom. The molecule has 0 aliphatic rings. The van der Waals surface area contributed by atoms with Gasteiger partial charge in [-0.25, -0.2) is 0 Å². The predicted molar refractivity (Wildman–Crippen MR) is 69.1 cm³/mol. The molecule has 2 aromatic rings. The van der Waals surface area contributed by atoms with Crippen LogP contribution in [0.15, 0.2) is 24.3 Å². The van der Waals surface area contributed by atoms with Crippen LogP contribution in [0.5, 0.6) is 0 Å². The van der Waals surface area contributed by atoms with Crippen molar-refractivity contribution in [2.45, 2.75) is 0 Å². The van der Waals surface area contributed by atoms with E-state index in [1.54, 1.807) is 24.3 Å². The van der Waals surface area contributed by atoms with Gasteiger partial charge in [-0.15, -0.1) is 10.2 Å². The number of hydrogen-bond donors (Lipinski definition) is 3. The van der Waals surface area contributed by atoms with Crippen LogP contribution >= 0.6 is 0 Å². The lowest BCUT2D eigenvalue weighted by atomic mass is 10.2. The first-order valence-electron chi connectivity index (χ1n) is 5.62. The summed E-state index contributed by atoms with van der Waals surface area (Å²) in [6, 6.07) is 6.65. The first-order valence-corrected chi connectivity index (χ1v) is 5.62. The van der Waals surface area contributed by atoms with E-state index in [4.69, 9.17) is 4.74 Å². The van der Waals surface area contributed by atoms with E-state index < -0.39 is 5.91 Å². The molecule has 2 amide bonds. The molecule has 9 heteroatoms. The summed E-state index contributed by atoms with van der Waals surface area (Å²) < 4.78 is 4.71. The molecule has 104 valence electrons. The lowest BCUT2D eigenvalue weighted by Gasteiger charge is -2.07. The number of carbonyl (C=O) groups is 2. The van der Waals surface area contributed by atoms with Crippen LogP contribution in [-0.2, 0) is 9.53 Å². The van der Waals surface area contributed by atoms with Gasteiger partial charge >= 0.3 is 0 Å². The number of H-pyrrole nitrogens is 1. The van der Waals surface area contributed by atoms with E-state index in [0.29, 0.717) is 11.4 Å². The van der Waals surface area contributed by atoms with Gasteiger partial charge in [-0.3, -0.25) is 9.59 Å². The largest absolute Gasteiger partial charge is 0.375 e. The zero-order chi connectivity index (χ0) is 14.4. The molecule has 3 N–H and O–H groups in total. The van der Waals surface area contributed by atoms with Crippen molar-refractivity contribution in [3.05, 3.63) is 30.1 Å². The fourth-order valence-corrected chi connectivity index (χ4v) is 1.45. The average molecular weight is 276 g/mol. The van der Waals surface area contributed by atoms with Crippen molar-refractivity contribution in [3.8, 4) is 0 Å². The van der Waals surface area contributed by atoms with Crippen LogP contribution in [0.3, 0.4) is 0 Å². The van der Waals surface area contributed by atoms with Gasteiger partial charge in [-0.05, 0) is 23.4 Å². The molecule has 0 saturated heterocycles. The summed E-state index contributed by atoms with van der Waals surface area (Å²) in [5.41, 5.74) is 1.04. The Balaban J connectivity index is 2.02. The minimum absolute atomic E-state index is 0.0422. The molecular weight excluding hydrogens is 264 g/mol. The molecule has 9 nitrogen and oxygen atoms in total. The topological polar surface area (TPSA) is 122 Å². The number of aromatic amines is 1. The van der Waals surface area contributed by atoms with E-state index in [9.17, 15) is 9.59 Å². The SMILES string of the molecule is COCC(=O)Nc1cccc(NC(=O)c2nn[nH]n2)c1. The number of aromatic nitrogens is 4.